The van der Waals surface area contributed by atoms with Gasteiger partial charge in [0.25, 0.3) is 0 Å². The molecule has 1 heterocycles. The van der Waals surface area contributed by atoms with Gasteiger partial charge in [0, 0.05) is 32.6 Å². The van der Waals surface area contributed by atoms with E-state index in [0.717, 1.165) is 45.8 Å². The van der Waals surface area contributed by atoms with Crippen molar-refractivity contribution in [3.05, 3.63) is 0 Å². The smallest absolute Gasteiger partial charge is 0.221 e. The minimum atomic E-state index is 0.173. The van der Waals surface area contributed by atoms with Gasteiger partial charge in [0.2, 0.25) is 5.91 Å². The molecule has 4 nitrogen and oxygen atoms in total. The minimum absolute atomic E-state index is 0.173. The van der Waals surface area contributed by atoms with Crippen LogP contribution in [0.3, 0.4) is 0 Å². The first-order valence-electron chi connectivity index (χ1n) is 6.25. The van der Waals surface area contributed by atoms with Gasteiger partial charge in [-0.25, -0.2) is 0 Å². The molecule has 94 valence electrons. The maximum absolute atomic E-state index is 11.5. The molecule has 1 N–H and O–H groups in total. The molecule has 0 saturated carbocycles. The molecule has 1 amide bonds. The van der Waals surface area contributed by atoms with Crippen LogP contribution in [0.5, 0.6) is 0 Å². The second-order valence-corrected chi connectivity index (χ2v) is 4.74. The van der Waals surface area contributed by atoms with E-state index in [1.165, 1.54) is 0 Å². The third-order valence-electron chi connectivity index (χ3n) is 2.80. The van der Waals surface area contributed by atoms with Crippen molar-refractivity contribution in [1.29, 1.82) is 0 Å². The van der Waals surface area contributed by atoms with Gasteiger partial charge >= 0.3 is 0 Å². The molecule has 0 radical (unpaired) electrons. The van der Waals surface area contributed by atoms with Crippen LogP contribution in [0.2, 0.25) is 0 Å². The van der Waals surface area contributed by atoms with E-state index in [0.29, 0.717) is 12.3 Å². The van der Waals surface area contributed by atoms with Crippen LogP contribution in [0, 0.1) is 5.92 Å². The van der Waals surface area contributed by atoms with E-state index in [4.69, 9.17) is 4.74 Å². The number of nitrogens with one attached hydrogen (secondary N) is 1. The Morgan fingerprint density at radius 2 is 2.06 bits per heavy atom. The Bertz CT molecular complexity index is 201. The highest BCUT2D eigenvalue weighted by Gasteiger charge is 2.11. The quantitative estimate of drug-likeness (QED) is 0.733. The molecule has 0 atom stereocenters. The summed E-state index contributed by atoms with van der Waals surface area (Å²) in [5.74, 6) is 0.826. The highest BCUT2D eigenvalue weighted by molar-refractivity contribution is 5.75. The van der Waals surface area contributed by atoms with Crippen LogP contribution >= 0.6 is 0 Å². The van der Waals surface area contributed by atoms with Gasteiger partial charge in [0.15, 0.2) is 0 Å². The molecule has 0 aromatic rings. The largest absolute Gasteiger partial charge is 0.379 e. The first-order valence-corrected chi connectivity index (χ1v) is 6.25. The van der Waals surface area contributed by atoms with Crippen LogP contribution in [0.4, 0.5) is 0 Å². The fourth-order valence-corrected chi connectivity index (χ4v) is 1.67. The first-order chi connectivity index (χ1) is 7.68. The van der Waals surface area contributed by atoms with Crippen LogP contribution in [-0.2, 0) is 9.53 Å². The number of ether oxygens (including phenoxy) is 1. The van der Waals surface area contributed by atoms with Crippen molar-refractivity contribution < 1.29 is 9.53 Å². The van der Waals surface area contributed by atoms with E-state index in [9.17, 15) is 4.79 Å². The molecule has 0 bridgehead atoms. The Kier molecular flexibility index (Phi) is 6.42. The van der Waals surface area contributed by atoms with Gasteiger partial charge in [0.1, 0.15) is 0 Å². The standard InChI is InChI=1S/C12H24N2O2/c1-11(2)3-5-13-12(15)4-6-14-7-9-16-10-8-14/h11H,3-10H2,1-2H3,(H,13,15). The third kappa shape index (κ3) is 6.08. The molecular formula is C12H24N2O2. The van der Waals surface area contributed by atoms with Gasteiger partial charge in [-0.15, -0.1) is 0 Å². The number of amides is 1. The Labute approximate surface area is 98.3 Å². The lowest BCUT2D eigenvalue weighted by molar-refractivity contribution is -0.121. The maximum Gasteiger partial charge on any atom is 0.221 e. The van der Waals surface area contributed by atoms with Crippen LogP contribution in [0.1, 0.15) is 26.7 Å². The Morgan fingerprint density at radius 1 is 1.38 bits per heavy atom. The SMILES string of the molecule is CC(C)CCNC(=O)CCN1CCOCC1. The van der Waals surface area contributed by atoms with Crippen molar-refractivity contribution in [2.75, 3.05) is 39.4 Å². The predicted octanol–water partition coefficient (Wildman–Crippen LogP) is 0.871. The second-order valence-electron chi connectivity index (χ2n) is 4.74. The van der Waals surface area contributed by atoms with E-state index in [1.54, 1.807) is 0 Å². The van der Waals surface area contributed by atoms with Crippen molar-refractivity contribution in [2.24, 2.45) is 5.92 Å². The molecule has 0 aliphatic carbocycles. The van der Waals surface area contributed by atoms with E-state index in [-0.39, 0.29) is 5.91 Å². The topological polar surface area (TPSA) is 41.6 Å². The zero-order valence-electron chi connectivity index (χ0n) is 10.5. The Hall–Kier alpha value is -0.610. The lowest BCUT2D eigenvalue weighted by Crippen LogP contribution is -2.38. The second kappa shape index (κ2) is 7.63. The number of morpholine rings is 1. The van der Waals surface area contributed by atoms with Crippen molar-refractivity contribution in [3.8, 4) is 0 Å². The monoisotopic (exact) mass is 228 g/mol. The Balaban J connectivity index is 2.00. The van der Waals surface area contributed by atoms with Gasteiger partial charge in [-0.2, -0.15) is 0 Å². The van der Waals surface area contributed by atoms with Crippen molar-refractivity contribution in [2.45, 2.75) is 26.7 Å². The van der Waals surface area contributed by atoms with Gasteiger partial charge in [-0.1, -0.05) is 13.8 Å². The lowest BCUT2D eigenvalue weighted by atomic mass is 10.1. The molecule has 0 spiro atoms. The van der Waals surface area contributed by atoms with Crippen molar-refractivity contribution >= 4 is 5.91 Å². The number of rotatable bonds is 6. The molecule has 4 heteroatoms. The molecule has 1 aliphatic heterocycles. The molecule has 16 heavy (non-hydrogen) atoms. The molecule has 0 aromatic carbocycles. The zero-order chi connectivity index (χ0) is 11.8. The molecule has 1 fully saturated rings. The summed E-state index contributed by atoms with van der Waals surface area (Å²) >= 11 is 0. The number of hydrogen-bond donors (Lipinski definition) is 1. The molecule has 1 saturated heterocycles. The number of carbonyl (C=O) groups excluding carboxylic acids is 1. The molecule has 1 aliphatic rings. The zero-order valence-corrected chi connectivity index (χ0v) is 10.5. The third-order valence-corrected chi connectivity index (χ3v) is 2.80. The van der Waals surface area contributed by atoms with Gasteiger partial charge < -0.3 is 10.1 Å². The van der Waals surface area contributed by atoms with Crippen molar-refractivity contribution in [3.63, 3.8) is 0 Å². The minimum Gasteiger partial charge on any atom is -0.379 e. The summed E-state index contributed by atoms with van der Waals surface area (Å²) in [5.41, 5.74) is 0. The van der Waals surface area contributed by atoms with Crippen LogP contribution < -0.4 is 5.32 Å². The molecular weight excluding hydrogens is 204 g/mol. The summed E-state index contributed by atoms with van der Waals surface area (Å²) < 4.78 is 5.26. The summed E-state index contributed by atoms with van der Waals surface area (Å²) in [6.45, 7) is 9.51. The average Bonchev–Trinajstić information content (AvgIpc) is 2.27. The van der Waals surface area contributed by atoms with Crippen molar-refractivity contribution in [1.82, 2.24) is 10.2 Å². The van der Waals surface area contributed by atoms with Crippen LogP contribution in [0.25, 0.3) is 0 Å². The number of hydrogen-bond acceptors (Lipinski definition) is 3. The fourth-order valence-electron chi connectivity index (χ4n) is 1.67. The average molecular weight is 228 g/mol. The normalized spacial score (nSPS) is 17.7. The summed E-state index contributed by atoms with van der Waals surface area (Å²) in [5, 5.41) is 2.96. The fraction of sp³-hybridized carbons (Fsp3) is 0.917. The predicted molar refractivity (Wildman–Crippen MR) is 64.3 cm³/mol. The Morgan fingerprint density at radius 3 is 2.69 bits per heavy atom. The van der Waals surface area contributed by atoms with E-state index in [2.05, 4.69) is 24.1 Å². The van der Waals surface area contributed by atoms with E-state index < -0.39 is 0 Å². The molecule has 0 unspecified atom stereocenters. The van der Waals surface area contributed by atoms with Gasteiger partial charge in [0.05, 0.1) is 13.2 Å². The highest BCUT2D eigenvalue weighted by atomic mass is 16.5. The number of nitrogens with zero attached hydrogens (tertiary/aromatic N) is 1. The first kappa shape index (κ1) is 13.5. The number of carbonyl (C=O) groups is 1. The van der Waals surface area contributed by atoms with E-state index >= 15 is 0 Å². The van der Waals surface area contributed by atoms with Crippen LogP contribution in [0.15, 0.2) is 0 Å². The lowest BCUT2D eigenvalue weighted by Gasteiger charge is -2.26. The maximum atomic E-state index is 11.5. The molecule has 1 rings (SSSR count). The summed E-state index contributed by atoms with van der Waals surface area (Å²) in [6.07, 6.45) is 1.67. The van der Waals surface area contributed by atoms with E-state index in [1.807, 2.05) is 0 Å². The van der Waals surface area contributed by atoms with Gasteiger partial charge in [-0.05, 0) is 12.3 Å². The molecule has 0 aromatic heterocycles. The summed E-state index contributed by atoms with van der Waals surface area (Å²) in [4.78, 5) is 13.8. The summed E-state index contributed by atoms with van der Waals surface area (Å²) in [6, 6.07) is 0. The van der Waals surface area contributed by atoms with Crippen LogP contribution in [-0.4, -0.2) is 50.2 Å². The highest BCUT2D eigenvalue weighted by Crippen LogP contribution is 1.99. The van der Waals surface area contributed by atoms with Gasteiger partial charge in [-0.3, -0.25) is 9.69 Å². The summed E-state index contributed by atoms with van der Waals surface area (Å²) in [7, 11) is 0.